The van der Waals surface area contributed by atoms with Gasteiger partial charge in [0.2, 0.25) is 0 Å². The Labute approximate surface area is 216 Å². The molecule has 1 aliphatic carbocycles. The molecule has 1 fully saturated rings. The first-order chi connectivity index (χ1) is 16.4. The molecular weight excluding hydrogens is 450 g/mol. The highest BCUT2D eigenvalue weighted by Crippen LogP contribution is 2.69. The zero-order valence-electron chi connectivity index (χ0n) is 23.6. The maximum absolute atomic E-state index is 6.13. The molecule has 3 rings (SSSR count). The molecule has 0 bridgehead atoms. The summed E-state index contributed by atoms with van der Waals surface area (Å²) in [7, 11) is -1.59. The molecule has 0 aromatic heterocycles. The van der Waals surface area contributed by atoms with Crippen molar-refractivity contribution in [2.24, 2.45) is 11.7 Å². The largest absolute Gasteiger partial charge is 0.388 e. The number of hydrogen-bond acceptors (Lipinski definition) is 5. The van der Waals surface area contributed by atoms with Crippen molar-refractivity contribution in [3.05, 3.63) is 36.0 Å². The van der Waals surface area contributed by atoms with Crippen molar-refractivity contribution in [1.82, 2.24) is 10.6 Å². The molecule has 1 heterocycles. The fourth-order valence-electron chi connectivity index (χ4n) is 4.87. The minimum absolute atomic E-state index is 0.221. The number of nitrogens with one attached hydrogen (secondary N) is 4. The van der Waals surface area contributed by atoms with Crippen molar-refractivity contribution in [2.45, 2.75) is 82.7 Å². The summed E-state index contributed by atoms with van der Waals surface area (Å²) in [4.78, 5) is 0. The van der Waals surface area contributed by atoms with E-state index in [4.69, 9.17) is 5.73 Å². The summed E-state index contributed by atoms with van der Waals surface area (Å²) in [5.74, 6) is 2.32. The van der Waals surface area contributed by atoms with Gasteiger partial charge in [-0.25, -0.2) is 0 Å². The van der Waals surface area contributed by atoms with Crippen molar-refractivity contribution in [3.8, 4) is 0 Å². The molecule has 6 heteroatoms. The number of hydrogen-bond donors (Lipinski definition) is 6. The minimum Gasteiger partial charge on any atom is -0.388 e. The standard InChI is InChI=1S/C29H55N5S/c1-8-24(32-20-23(19-30)28-21-33-25-13-9-10-14-26(25)34-28)15-16-31-27-18-22(27)12-11-17-35(5,6,7)29(2,3)4/h9-10,13-14,20,22,24,27-28,31-35H,8,11-12,15-19,21,30H2,1-7H3/b23-20+. The second kappa shape index (κ2) is 11.4. The molecule has 202 valence electrons. The fourth-order valence-corrected chi connectivity index (χ4v) is 6.83. The predicted octanol–water partition coefficient (Wildman–Crippen LogP) is 5.01. The highest BCUT2D eigenvalue weighted by Gasteiger charge is 2.40. The molecule has 4 atom stereocenters. The van der Waals surface area contributed by atoms with Gasteiger partial charge in [0.15, 0.2) is 0 Å². The van der Waals surface area contributed by atoms with Crippen LogP contribution in [0.1, 0.15) is 59.8 Å². The molecule has 1 aromatic carbocycles. The Hall–Kier alpha value is -1.37. The van der Waals surface area contributed by atoms with Crippen LogP contribution in [-0.4, -0.2) is 67.0 Å². The lowest BCUT2D eigenvalue weighted by Crippen LogP contribution is -2.38. The van der Waals surface area contributed by atoms with Gasteiger partial charge in [-0.15, -0.1) is 0 Å². The Kier molecular flexibility index (Phi) is 9.15. The summed E-state index contributed by atoms with van der Waals surface area (Å²) in [6, 6.07) is 9.80. The second-order valence-electron chi connectivity index (χ2n) is 13.3. The minimum atomic E-state index is -1.59. The van der Waals surface area contributed by atoms with Gasteiger partial charge in [0, 0.05) is 25.2 Å². The summed E-state index contributed by atoms with van der Waals surface area (Å²) in [5, 5.41) is 14.7. The molecule has 0 saturated heterocycles. The van der Waals surface area contributed by atoms with E-state index in [0.29, 0.717) is 17.3 Å². The van der Waals surface area contributed by atoms with E-state index in [9.17, 15) is 0 Å². The molecule has 1 saturated carbocycles. The highest BCUT2D eigenvalue weighted by atomic mass is 32.3. The molecule has 1 aromatic rings. The van der Waals surface area contributed by atoms with Crippen LogP contribution >= 0.6 is 9.16 Å². The van der Waals surface area contributed by atoms with Gasteiger partial charge >= 0.3 is 0 Å². The van der Waals surface area contributed by atoms with Gasteiger partial charge in [-0.3, -0.25) is 9.16 Å². The van der Waals surface area contributed by atoms with Crippen molar-refractivity contribution in [2.75, 3.05) is 54.8 Å². The fraction of sp³-hybridized carbons (Fsp3) is 0.724. The molecule has 2 aliphatic rings. The van der Waals surface area contributed by atoms with Gasteiger partial charge in [0.25, 0.3) is 0 Å². The van der Waals surface area contributed by atoms with Gasteiger partial charge in [-0.2, -0.15) is 0 Å². The Morgan fingerprint density at radius 1 is 1.20 bits per heavy atom. The number of rotatable bonds is 13. The van der Waals surface area contributed by atoms with E-state index in [0.717, 1.165) is 49.3 Å². The molecule has 0 radical (unpaired) electrons. The van der Waals surface area contributed by atoms with E-state index in [1.165, 1.54) is 30.6 Å². The Morgan fingerprint density at radius 3 is 2.57 bits per heavy atom. The number of fused-ring (bicyclic) bond motifs is 1. The van der Waals surface area contributed by atoms with Crippen LogP contribution in [0.5, 0.6) is 0 Å². The van der Waals surface area contributed by atoms with Crippen molar-refractivity contribution in [1.29, 1.82) is 0 Å². The molecule has 0 spiro atoms. The smallest absolute Gasteiger partial charge is 0.0676 e. The summed E-state index contributed by atoms with van der Waals surface area (Å²) >= 11 is 0. The maximum Gasteiger partial charge on any atom is 0.0676 e. The Bertz CT molecular complexity index is 851. The molecule has 5 nitrogen and oxygen atoms in total. The normalized spacial score (nSPS) is 24.4. The van der Waals surface area contributed by atoms with E-state index in [-0.39, 0.29) is 6.04 Å². The van der Waals surface area contributed by atoms with Crippen LogP contribution in [0.4, 0.5) is 11.4 Å². The lowest BCUT2D eigenvalue weighted by Gasteiger charge is -2.62. The third kappa shape index (κ3) is 7.56. The van der Waals surface area contributed by atoms with E-state index < -0.39 is 9.16 Å². The number of para-hydroxylation sites is 2. The Balaban J connectivity index is 1.37. The molecule has 1 aliphatic heterocycles. The lowest BCUT2D eigenvalue weighted by atomic mass is 10.0. The number of nitrogens with two attached hydrogens (primary N) is 1. The van der Waals surface area contributed by atoms with Gasteiger partial charge in [0.05, 0.1) is 17.4 Å². The van der Waals surface area contributed by atoms with Gasteiger partial charge < -0.3 is 27.0 Å². The van der Waals surface area contributed by atoms with E-state index in [2.05, 4.69) is 98.2 Å². The van der Waals surface area contributed by atoms with Crippen LogP contribution in [0, 0.1) is 5.92 Å². The summed E-state index contributed by atoms with van der Waals surface area (Å²) < 4.78 is 0.446. The SMILES string of the molecule is CCC(CCNC1CC1CCC[SH](C)(C)(C)C(C)(C)C)N/C=C(\CN)C1CNc2ccccc2N1. The van der Waals surface area contributed by atoms with Crippen LogP contribution in [-0.2, 0) is 0 Å². The van der Waals surface area contributed by atoms with Gasteiger partial charge in [0.1, 0.15) is 0 Å². The molecule has 35 heavy (non-hydrogen) atoms. The highest BCUT2D eigenvalue weighted by molar-refractivity contribution is 8.49. The first kappa shape index (κ1) is 28.2. The van der Waals surface area contributed by atoms with Gasteiger partial charge in [-0.05, 0) is 97.7 Å². The number of anilines is 2. The predicted molar refractivity (Wildman–Crippen MR) is 162 cm³/mol. The van der Waals surface area contributed by atoms with Crippen LogP contribution in [0.15, 0.2) is 36.0 Å². The first-order valence-electron chi connectivity index (χ1n) is 13.9. The third-order valence-electron chi connectivity index (χ3n) is 9.26. The van der Waals surface area contributed by atoms with Crippen LogP contribution < -0.4 is 27.0 Å². The average Bonchev–Trinajstić information content (AvgIpc) is 3.54. The summed E-state index contributed by atoms with van der Waals surface area (Å²) in [6.45, 7) is 12.1. The topological polar surface area (TPSA) is 74.1 Å². The summed E-state index contributed by atoms with van der Waals surface area (Å²) in [6.07, 6.45) is 16.3. The van der Waals surface area contributed by atoms with E-state index >= 15 is 0 Å². The van der Waals surface area contributed by atoms with Crippen molar-refractivity contribution < 1.29 is 0 Å². The molecule has 0 amide bonds. The Morgan fingerprint density at radius 2 is 1.91 bits per heavy atom. The number of thiol groups is 1. The molecule has 4 unspecified atom stereocenters. The van der Waals surface area contributed by atoms with Crippen molar-refractivity contribution in [3.63, 3.8) is 0 Å². The van der Waals surface area contributed by atoms with E-state index in [1.54, 1.807) is 0 Å². The third-order valence-corrected chi connectivity index (χ3v) is 16.1. The lowest BCUT2D eigenvalue weighted by molar-refractivity contribution is 0.488. The first-order valence-corrected chi connectivity index (χ1v) is 17.7. The monoisotopic (exact) mass is 505 g/mol. The zero-order valence-corrected chi connectivity index (χ0v) is 24.5. The summed E-state index contributed by atoms with van der Waals surface area (Å²) in [5.41, 5.74) is 9.66. The van der Waals surface area contributed by atoms with Crippen LogP contribution in [0.2, 0.25) is 0 Å². The van der Waals surface area contributed by atoms with Gasteiger partial charge in [-0.1, -0.05) is 39.8 Å². The quantitative estimate of drug-likeness (QED) is 0.213. The second-order valence-corrected chi connectivity index (χ2v) is 21.3. The van der Waals surface area contributed by atoms with Crippen molar-refractivity contribution >= 4 is 20.5 Å². The number of benzene rings is 1. The molecule has 6 N–H and O–H groups in total. The average molecular weight is 506 g/mol. The zero-order chi connectivity index (χ0) is 25.7. The van der Waals surface area contributed by atoms with E-state index in [1.807, 2.05) is 0 Å². The molecular formula is C29H55N5S. The maximum atomic E-state index is 6.13. The van der Waals surface area contributed by atoms with Crippen LogP contribution in [0.3, 0.4) is 0 Å². The van der Waals surface area contributed by atoms with Crippen LogP contribution in [0.25, 0.3) is 0 Å².